The van der Waals surface area contributed by atoms with E-state index < -0.39 is 5.41 Å². The third-order valence-corrected chi connectivity index (χ3v) is 4.89. The van der Waals surface area contributed by atoms with E-state index >= 15 is 0 Å². The number of aromatic hydroxyl groups is 1. The number of aromatic amines is 1. The van der Waals surface area contributed by atoms with Gasteiger partial charge in [0.2, 0.25) is 5.43 Å². The molecule has 0 amide bonds. The van der Waals surface area contributed by atoms with Crippen LogP contribution >= 0.6 is 0 Å². The van der Waals surface area contributed by atoms with Crippen molar-refractivity contribution in [3.63, 3.8) is 0 Å². The number of benzene rings is 2. The molecule has 28 heavy (non-hydrogen) atoms. The van der Waals surface area contributed by atoms with Gasteiger partial charge in [0.1, 0.15) is 5.75 Å². The third kappa shape index (κ3) is 4.03. The molecular weight excluding hydrogens is 354 g/mol. The van der Waals surface area contributed by atoms with Gasteiger partial charge in [0, 0.05) is 5.39 Å². The number of fused-ring (bicyclic) bond motifs is 2. The van der Waals surface area contributed by atoms with Crippen molar-refractivity contribution in [2.75, 3.05) is 6.61 Å². The predicted octanol–water partition coefficient (Wildman–Crippen LogP) is 4.61. The largest absolute Gasteiger partial charge is 0.507 e. The molecule has 0 fully saturated rings. The lowest BCUT2D eigenvalue weighted by molar-refractivity contribution is -0.153. The molecule has 148 valence electrons. The zero-order valence-electron chi connectivity index (χ0n) is 16.9. The molecule has 0 aliphatic rings. The molecule has 5 heteroatoms. The average molecular weight is 381 g/mol. The van der Waals surface area contributed by atoms with Crippen LogP contribution in [0.15, 0.2) is 35.1 Å². The summed E-state index contributed by atoms with van der Waals surface area (Å²) in [6.45, 7) is 7.83. The monoisotopic (exact) mass is 381 g/mol. The van der Waals surface area contributed by atoms with Crippen molar-refractivity contribution in [2.24, 2.45) is 5.41 Å². The van der Waals surface area contributed by atoms with Crippen LogP contribution in [-0.2, 0) is 16.0 Å². The second kappa shape index (κ2) is 7.66. The van der Waals surface area contributed by atoms with E-state index in [2.05, 4.69) is 4.98 Å². The summed E-state index contributed by atoms with van der Waals surface area (Å²) in [4.78, 5) is 27.9. The maximum Gasteiger partial charge on any atom is 0.311 e. The van der Waals surface area contributed by atoms with Crippen molar-refractivity contribution in [3.05, 3.63) is 51.7 Å². The number of para-hydroxylation sites is 1. The highest BCUT2D eigenvalue weighted by atomic mass is 16.5. The zero-order chi connectivity index (χ0) is 20.5. The number of rotatable bonds is 5. The molecule has 0 saturated carbocycles. The van der Waals surface area contributed by atoms with Gasteiger partial charge in [0.25, 0.3) is 0 Å². The summed E-state index contributed by atoms with van der Waals surface area (Å²) in [5.74, 6) is -0.202. The summed E-state index contributed by atoms with van der Waals surface area (Å²) in [6.07, 6.45) is 2.29. The van der Waals surface area contributed by atoms with Crippen LogP contribution < -0.4 is 5.43 Å². The second-order valence-corrected chi connectivity index (χ2v) is 8.33. The van der Waals surface area contributed by atoms with Gasteiger partial charge in [-0.05, 0) is 76.3 Å². The quantitative estimate of drug-likeness (QED) is 0.384. The molecule has 0 atom stereocenters. The third-order valence-electron chi connectivity index (χ3n) is 4.89. The molecule has 0 saturated heterocycles. The minimum absolute atomic E-state index is 0.00341. The standard InChI is InChI=1S/C23H27NO4/c1-14-8-7-10-16-20(14)24-17-12-15(13-18(25)19(17)21(16)26)9-5-6-11-28-22(27)23(2,3)4/h7-8,10,12-13,25H,5-6,9,11H2,1-4H3,(H,24,26). The molecule has 3 aromatic rings. The molecule has 5 nitrogen and oxygen atoms in total. The summed E-state index contributed by atoms with van der Waals surface area (Å²) in [5.41, 5.74) is 2.71. The highest BCUT2D eigenvalue weighted by molar-refractivity contribution is 5.96. The topological polar surface area (TPSA) is 79.4 Å². The summed E-state index contributed by atoms with van der Waals surface area (Å²) < 4.78 is 5.28. The number of phenolic OH excluding ortho intramolecular Hbond substituents is 1. The van der Waals surface area contributed by atoms with Gasteiger partial charge in [-0.25, -0.2) is 0 Å². The average Bonchev–Trinajstić information content (AvgIpc) is 2.61. The fraction of sp³-hybridized carbons (Fsp3) is 0.391. The molecule has 0 aliphatic carbocycles. The van der Waals surface area contributed by atoms with Gasteiger partial charge in [-0.2, -0.15) is 0 Å². The van der Waals surface area contributed by atoms with E-state index in [1.165, 1.54) is 0 Å². The number of phenols is 1. The van der Waals surface area contributed by atoms with Gasteiger partial charge in [0.05, 0.1) is 28.4 Å². The number of hydrogen-bond donors (Lipinski definition) is 2. The van der Waals surface area contributed by atoms with Crippen LogP contribution in [0.2, 0.25) is 0 Å². The number of carbonyl (C=O) groups excluding carboxylic acids is 1. The highest BCUT2D eigenvalue weighted by Gasteiger charge is 2.22. The van der Waals surface area contributed by atoms with Crippen molar-refractivity contribution in [1.82, 2.24) is 4.98 Å². The number of hydrogen-bond acceptors (Lipinski definition) is 4. The van der Waals surface area contributed by atoms with E-state index in [1.54, 1.807) is 12.1 Å². The Balaban J connectivity index is 1.77. The summed E-state index contributed by atoms with van der Waals surface area (Å²) in [7, 11) is 0. The summed E-state index contributed by atoms with van der Waals surface area (Å²) >= 11 is 0. The van der Waals surface area contributed by atoms with Crippen molar-refractivity contribution >= 4 is 27.8 Å². The van der Waals surface area contributed by atoms with E-state index in [0.29, 0.717) is 22.9 Å². The smallest absolute Gasteiger partial charge is 0.311 e. The predicted molar refractivity (Wildman–Crippen MR) is 112 cm³/mol. The number of esters is 1. The van der Waals surface area contributed by atoms with Crippen molar-refractivity contribution in [3.8, 4) is 5.75 Å². The Hall–Kier alpha value is -2.82. The Morgan fingerprint density at radius 1 is 1.18 bits per heavy atom. The van der Waals surface area contributed by atoms with Crippen LogP contribution in [-0.4, -0.2) is 22.7 Å². The lowest BCUT2D eigenvalue weighted by Crippen LogP contribution is -2.23. The lowest BCUT2D eigenvalue weighted by atomic mass is 9.97. The van der Waals surface area contributed by atoms with Crippen LogP contribution in [0, 0.1) is 12.3 Å². The first-order chi connectivity index (χ1) is 13.2. The van der Waals surface area contributed by atoms with Gasteiger partial charge in [-0.1, -0.05) is 12.1 Å². The molecule has 0 spiro atoms. The second-order valence-electron chi connectivity index (χ2n) is 8.33. The normalized spacial score (nSPS) is 11.9. The van der Waals surface area contributed by atoms with Gasteiger partial charge in [-0.15, -0.1) is 0 Å². The Labute approximate surface area is 164 Å². The minimum atomic E-state index is -0.489. The molecule has 2 aromatic carbocycles. The maximum atomic E-state index is 12.8. The van der Waals surface area contributed by atoms with E-state index in [-0.39, 0.29) is 17.1 Å². The van der Waals surface area contributed by atoms with Gasteiger partial charge in [0.15, 0.2) is 0 Å². The fourth-order valence-corrected chi connectivity index (χ4v) is 3.27. The van der Waals surface area contributed by atoms with E-state index in [1.807, 2.05) is 45.9 Å². The molecular formula is C23H27NO4. The number of unbranched alkanes of at least 4 members (excludes halogenated alkanes) is 1. The molecule has 1 aromatic heterocycles. The molecule has 3 rings (SSSR count). The molecule has 2 N–H and O–H groups in total. The molecule has 0 radical (unpaired) electrons. The van der Waals surface area contributed by atoms with Crippen molar-refractivity contribution < 1.29 is 14.6 Å². The Kier molecular flexibility index (Phi) is 5.45. The lowest BCUT2D eigenvalue weighted by Gasteiger charge is -2.16. The Morgan fingerprint density at radius 3 is 2.64 bits per heavy atom. The summed E-state index contributed by atoms with van der Waals surface area (Å²) in [5, 5.41) is 11.3. The van der Waals surface area contributed by atoms with E-state index in [4.69, 9.17) is 4.74 Å². The Morgan fingerprint density at radius 2 is 1.93 bits per heavy atom. The number of H-pyrrole nitrogens is 1. The Bertz CT molecular complexity index is 1090. The number of ether oxygens (including phenoxy) is 1. The minimum Gasteiger partial charge on any atom is -0.507 e. The van der Waals surface area contributed by atoms with Crippen molar-refractivity contribution in [2.45, 2.75) is 47.0 Å². The van der Waals surface area contributed by atoms with Crippen LogP contribution in [0.4, 0.5) is 0 Å². The molecule has 1 heterocycles. The van der Waals surface area contributed by atoms with Gasteiger partial charge >= 0.3 is 5.97 Å². The number of carbonyl (C=O) groups is 1. The van der Waals surface area contributed by atoms with Crippen LogP contribution in [0.25, 0.3) is 21.8 Å². The highest BCUT2D eigenvalue weighted by Crippen LogP contribution is 2.26. The molecule has 0 bridgehead atoms. The van der Waals surface area contributed by atoms with Crippen LogP contribution in [0.5, 0.6) is 5.75 Å². The first-order valence-corrected chi connectivity index (χ1v) is 9.63. The van der Waals surface area contributed by atoms with E-state index in [9.17, 15) is 14.7 Å². The zero-order valence-corrected chi connectivity index (χ0v) is 16.9. The number of nitrogens with one attached hydrogen (secondary N) is 1. The number of aryl methyl sites for hydroxylation is 2. The molecule has 0 aliphatic heterocycles. The number of aromatic nitrogens is 1. The van der Waals surface area contributed by atoms with E-state index in [0.717, 1.165) is 35.9 Å². The number of pyridine rings is 1. The van der Waals surface area contributed by atoms with Crippen molar-refractivity contribution in [1.29, 1.82) is 0 Å². The first-order valence-electron chi connectivity index (χ1n) is 9.63. The molecule has 0 unspecified atom stereocenters. The van der Waals surface area contributed by atoms with Gasteiger partial charge < -0.3 is 14.8 Å². The summed E-state index contributed by atoms with van der Waals surface area (Å²) in [6, 6.07) is 9.14. The van der Waals surface area contributed by atoms with Crippen LogP contribution in [0.1, 0.15) is 44.7 Å². The fourth-order valence-electron chi connectivity index (χ4n) is 3.27. The van der Waals surface area contributed by atoms with Crippen LogP contribution in [0.3, 0.4) is 0 Å². The SMILES string of the molecule is Cc1cccc2c(=O)c3c(O)cc(CCCCOC(=O)C(C)(C)C)cc3[nH]c12. The maximum absolute atomic E-state index is 12.8. The first kappa shape index (κ1) is 19.9. The van der Waals surface area contributed by atoms with Gasteiger partial charge in [-0.3, -0.25) is 9.59 Å².